The highest BCUT2D eigenvalue weighted by Crippen LogP contribution is 2.33. The van der Waals surface area contributed by atoms with Crippen molar-refractivity contribution in [3.8, 4) is 5.88 Å². The summed E-state index contributed by atoms with van der Waals surface area (Å²) in [6, 6.07) is 8.06. The highest BCUT2D eigenvalue weighted by Gasteiger charge is 2.16. The SMILES string of the molecule is Cc1ccccc1CN(C)C(=O)COc1ncnc2sc(C)c(C)c12. The standard InChI is InChI=1S/C19H21N3O2S/c1-12-7-5-6-8-15(12)9-22(4)16(23)10-24-18-17-13(2)14(3)25-19(17)21-11-20-18/h5-8,11H,9-10H2,1-4H3. The third kappa shape index (κ3) is 3.64. The number of hydrogen-bond donors (Lipinski definition) is 0. The topological polar surface area (TPSA) is 55.3 Å². The fourth-order valence-electron chi connectivity index (χ4n) is 2.63. The summed E-state index contributed by atoms with van der Waals surface area (Å²) in [5.74, 6) is 0.393. The molecular weight excluding hydrogens is 334 g/mol. The first-order valence-electron chi connectivity index (χ1n) is 8.09. The summed E-state index contributed by atoms with van der Waals surface area (Å²) in [6.07, 6.45) is 1.48. The zero-order valence-corrected chi connectivity index (χ0v) is 15.7. The van der Waals surface area contributed by atoms with Crippen LogP contribution in [-0.4, -0.2) is 34.4 Å². The molecule has 5 nitrogen and oxygen atoms in total. The van der Waals surface area contributed by atoms with Crippen LogP contribution in [0.5, 0.6) is 5.88 Å². The van der Waals surface area contributed by atoms with Crippen LogP contribution < -0.4 is 4.74 Å². The minimum absolute atomic E-state index is 0.0389. The highest BCUT2D eigenvalue weighted by molar-refractivity contribution is 7.18. The summed E-state index contributed by atoms with van der Waals surface area (Å²) in [5, 5.41) is 0.902. The van der Waals surface area contributed by atoms with Crippen molar-refractivity contribution >= 4 is 27.5 Å². The van der Waals surface area contributed by atoms with Crippen LogP contribution in [0.25, 0.3) is 10.2 Å². The van der Waals surface area contributed by atoms with E-state index < -0.39 is 0 Å². The van der Waals surface area contributed by atoms with E-state index in [2.05, 4.69) is 9.97 Å². The Morgan fingerprint density at radius 2 is 1.96 bits per heavy atom. The van der Waals surface area contributed by atoms with Gasteiger partial charge in [0.25, 0.3) is 5.91 Å². The lowest BCUT2D eigenvalue weighted by Crippen LogP contribution is -2.31. The molecule has 0 spiro atoms. The van der Waals surface area contributed by atoms with Gasteiger partial charge in [0, 0.05) is 18.5 Å². The molecule has 130 valence electrons. The first-order chi connectivity index (χ1) is 12.0. The Labute approximate surface area is 151 Å². The lowest BCUT2D eigenvalue weighted by Gasteiger charge is -2.18. The summed E-state index contributed by atoms with van der Waals surface area (Å²) >= 11 is 1.61. The molecule has 1 aromatic carbocycles. The number of rotatable bonds is 5. The van der Waals surface area contributed by atoms with Crippen molar-refractivity contribution in [2.24, 2.45) is 0 Å². The second-order valence-electron chi connectivity index (χ2n) is 6.11. The van der Waals surface area contributed by atoms with Crippen LogP contribution in [0, 0.1) is 20.8 Å². The van der Waals surface area contributed by atoms with E-state index in [0.717, 1.165) is 21.3 Å². The van der Waals surface area contributed by atoms with E-state index in [4.69, 9.17) is 4.74 Å². The predicted molar refractivity (Wildman–Crippen MR) is 100 cm³/mol. The lowest BCUT2D eigenvalue weighted by molar-refractivity contribution is -0.132. The number of thiophene rings is 1. The van der Waals surface area contributed by atoms with Crippen LogP contribution in [0.4, 0.5) is 0 Å². The van der Waals surface area contributed by atoms with Gasteiger partial charge in [0.2, 0.25) is 5.88 Å². The van der Waals surface area contributed by atoms with E-state index in [1.165, 1.54) is 16.8 Å². The Morgan fingerprint density at radius 3 is 2.72 bits per heavy atom. The number of carbonyl (C=O) groups is 1. The molecule has 6 heteroatoms. The monoisotopic (exact) mass is 355 g/mol. The largest absolute Gasteiger partial charge is 0.467 e. The van der Waals surface area contributed by atoms with Gasteiger partial charge in [-0.15, -0.1) is 11.3 Å². The van der Waals surface area contributed by atoms with Gasteiger partial charge in [0.1, 0.15) is 11.2 Å². The Kier molecular flexibility index (Phi) is 4.99. The summed E-state index contributed by atoms with van der Waals surface area (Å²) in [6.45, 7) is 6.64. The van der Waals surface area contributed by atoms with Crippen LogP contribution in [0.3, 0.4) is 0 Å². The first kappa shape index (κ1) is 17.4. The number of amides is 1. The number of ether oxygens (including phenoxy) is 1. The van der Waals surface area contributed by atoms with E-state index in [9.17, 15) is 4.79 Å². The van der Waals surface area contributed by atoms with Crippen molar-refractivity contribution in [3.05, 3.63) is 52.2 Å². The highest BCUT2D eigenvalue weighted by atomic mass is 32.1. The maximum absolute atomic E-state index is 12.4. The van der Waals surface area contributed by atoms with Gasteiger partial charge in [-0.25, -0.2) is 9.97 Å². The van der Waals surface area contributed by atoms with Gasteiger partial charge < -0.3 is 9.64 Å². The minimum atomic E-state index is -0.0837. The summed E-state index contributed by atoms with van der Waals surface area (Å²) in [4.78, 5) is 24.7. The Balaban J connectivity index is 1.69. The molecule has 3 rings (SSSR count). The van der Waals surface area contributed by atoms with E-state index in [1.807, 2.05) is 45.0 Å². The molecule has 0 fully saturated rings. The second kappa shape index (κ2) is 7.19. The van der Waals surface area contributed by atoms with Gasteiger partial charge in [0.05, 0.1) is 5.39 Å². The van der Waals surface area contributed by atoms with Crippen molar-refractivity contribution in [1.29, 1.82) is 0 Å². The number of fused-ring (bicyclic) bond motifs is 1. The summed E-state index contributed by atoms with van der Waals surface area (Å²) < 4.78 is 5.73. The minimum Gasteiger partial charge on any atom is -0.467 e. The van der Waals surface area contributed by atoms with Gasteiger partial charge in [0.15, 0.2) is 6.61 Å². The van der Waals surface area contributed by atoms with Crippen molar-refractivity contribution in [3.63, 3.8) is 0 Å². The van der Waals surface area contributed by atoms with Crippen LogP contribution >= 0.6 is 11.3 Å². The Hall–Kier alpha value is -2.47. The lowest BCUT2D eigenvalue weighted by atomic mass is 10.1. The zero-order chi connectivity index (χ0) is 18.0. The molecule has 2 heterocycles. The van der Waals surface area contributed by atoms with Crippen molar-refractivity contribution in [2.45, 2.75) is 27.3 Å². The van der Waals surface area contributed by atoms with Crippen LogP contribution in [0.1, 0.15) is 21.6 Å². The fraction of sp³-hybridized carbons (Fsp3) is 0.316. The molecule has 0 bridgehead atoms. The molecule has 3 aromatic rings. The van der Waals surface area contributed by atoms with E-state index in [0.29, 0.717) is 12.4 Å². The number of likely N-dealkylation sites (N-methyl/N-ethyl adjacent to an activating group) is 1. The summed E-state index contributed by atoms with van der Waals surface area (Å²) in [7, 11) is 1.79. The fourth-order valence-corrected chi connectivity index (χ4v) is 3.62. The molecule has 0 atom stereocenters. The maximum atomic E-state index is 12.4. The Bertz CT molecular complexity index is 920. The van der Waals surface area contributed by atoms with E-state index >= 15 is 0 Å². The molecule has 0 aliphatic rings. The molecule has 2 aromatic heterocycles. The third-order valence-corrected chi connectivity index (χ3v) is 5.47. The number of aryl methyl sites for hydroxylation is 3. The first-order valence-corrected chi connectivity index (χ1v) is 8.91. The zero-order valence-electron chi connectivity index (χ0n) is 14.9. The van der Waals surface area contributed by atoms with Gasteiger partial charge in [-0.05, 0) is 37.5 Å². The van der Waals surface area contributed by atoms with Crippen molar-refractivity contribution < 1.29 is 9.53 Å². The van der Waals surface area contributed by atoms with Gasteiger partial charge in [-0.2, -0.15) is 0 Å². The van der Waals surface area contributed by atoms with Gasteiger partial charge >= 0.3 is 0 Å². The molecule has 0 unspecified atom stereocenters. The predicted octanol–water partition coefficient (Wildman–Crippen LogP) is 3.65. The second-order valence-corrected chi connectivity index (χ2v) is 7.31. The maximum Gasteiger partial charge on any atom is 0.260 e. The van der Waals surface area contributed by atoms with Crippen LogP contribution in [0.2, 0.25) is 0 Å². The number of nitrogens with zero attached hydrogens (tertiary/aromatic N) is 3. The van der Waals surface area contributed by atoms with Crippen LogP contribution in [-0.2, 0) is 11.3 Å². The molecule has 0 aliphatic heterocycles. The quantitative estimate of drug-likeness (QED) is 0.701. The molecule has 0 radical (unpaired) electrons. The molecule has 25 heavy (non-hydrogen) atoms. The van der Waals surface area contributed by atoms with Gasteiger partial charge in [-0.3, -0.25) is 4.79 Å². The average molecular weight is 355 g/mol. The van der Waals surface area contributed by atoms with E-state index in [-0.39, 0.29) is 12.5 Å². The van der Waals surface area contributed by atoms with Crippen molar-refractivity contribution in [2.75, 3.05) is 13.7 Å². The normalized spacial score (nSPS) is 10.9. The van der Waals surface area contributed by atoms with Crippen LogP contribution in [0.15, 0.2) is 30.6 Å². The molecule has 0 saturated carbocycles. The third-order valence-electron chi connectivity index (χ3n) is 4.36. The number of hydrogen-bond acceptors (Lipinski definition) is 5. The molecule has 0 aliphatic carbocycles. The molecule has 1 amide bonds. The smallest absolute Gasteiger partial charge is 0.260 e. The molecule has 0 saturated heterocycles. The van der Waals surface area contributed by atoms with Gasteiger partial charge in [-0.1, -0.05) is 24.3 Å². The number of benzene rings is 1. The average Bonchev–Trinajstić information content (AvgIpc) is 2.89. The number of carbonyl (C=O) groups excluding carboxylic acids is 1. The molecule has 0 N–H and O–H groups in total. The summed E-state index contributed by atoms with van der Waals surface area (Å²) in [5.41, 5.74) is 3.41. The molecular formula is C19H21N3O2S. The number of aromatic nitrogens is 2. The van der Waals surface area contributed by atoms with Crippen molar-refractivity contribution in [1.82, 2.24) is 14.9 Å². The Morgan fingerprint density at radius 1 is 1.20 bits per heavy atom. The van der Waals surface area contributed by atoms with E-state index in [1.54, 1.807) is 23.3 Å².